The van der Waals surface area contributed by atoms with E-state index in [0.29, 0.717) is 11.9 Å². The summed E-state index contributed by atoms with van der Waals surface area (Å²) in [6.45, 7) is 1.84. The van der Waals surface area contributed by atoms with E-state index in [1.54, 1.807) is 0 Å². The molecule has 1 aliphatic heterocycles. The van der Waals surface area contributed by atoms with E-state index in [1.807, 2.05) is 13.1 Å². The van der Waals surface area contributed by atoms with Gasteiger partial charge in [-0.15, -0.1) is 0 Å². The summed E-state index contributed by atoms with van der Waals surface area (Å²) in [7, 11) is 2.02. The third-order valence-corrected chi connectivity index (χ3v) is 5.34. The van der Waals surface area contributed by atoms with Crippen LogP contribution in [0.4, 0.5) is 0 Å². The number of amides is 1. The van der Waals surface area contributed by atoms with Crippen LogP contribution in [-0.2, 0) is 11.2 Å². The van der Waals surface area contributed by atoms with Gasteiger partial charge in [0.2, 0.25) is 5.91 Å². The zero-order valence-corrected chi connectivity index (χ0v) is 13.0. The van der Waals surface area contributed by atoms with Gasteiger partial charge < -0.3 is 10.2 Å². The molecule has 0 atom stereocenters. The number of carbonyl (C=O) groups excluding carboxylic acids is 1. The van der Waals surface area contributed by atoms with E-state index in [-0.39, 0.29) is 5.41 Å². The molecule has 114 valence electrons. The van der Waals surface area contributed by atoms with Crippen LogP contribution in [0, 0.1) is 5.41 Å². The molecular formula is C18H26N2O. The largest absolute Gasteiger partial charge is 0.342 e. The van der Waals surface area contributed by atoms with Crippen LogP contribution >= 0.6 is 0 Å². The van der Waals surface area contributed by atoms with E-state index in [4.69, 9.17) is 0 Å². The third kappa shape index (κ3) is 2.98. The van der Waals surface area contributed by atoms with E-state index >= 15 is 0 Å². The van der Waals surface area contributed by atoms with Crippen LogP contribution in [0.3, 0.4) is 0 Å². The molecule has 1 aromatic rings. The molecule has 0 unspecified atom stereocenters. The highest BCUT2D eigenvalue weighted by Crippen LogP contribution is 2.45. The van der Waals surface area contributed by atoms with Gasteiger partial charge in [-0.1, -0.05) is 36.8 Å². The first-order valence-electron chi connectivity index (χ1n) is 8.24. The molecule has 0 bridgehead atoms. The van der Waals surface area contributed by atoms with Gasteiger partial charge >= 0.3 is 0 Å². The fourth-order valence-electron chi connectivity index (χ4n) is 3.76. The van der Waals surface area contributed by atoms with Crippen molar-refractivity contribution in [2.45, 2.75) is 44.6 Å². The molecule has 1 saturated heterocycles. The van der Waals surface area contributed by atoms with Gasteiger partial charge in [0.1, 0.15) is 0 Å². The number of hydrogen-bond donors (Lipinski definition) is 1. The minimum atomic E-state index is -0.103. The molecule has 3 rings (SSSR count). The average molecular weight is 286 g/mol. The van der Waals surface area contributed by atoms with Gasteiger partial charge in [-0.05, 0) is 44.7 Å². The van der Waals surface area contributed by atoms with Crippen molar-refractivity contribution >= 4 is 5.91 Å². The van der Waals surface area contributed by atoms with Gasteiger partial charge in [0.25, 0.3) is 0 Å². The summed E-state index contributed by atoms with van der Waals surface area (Å²) in [4.78, 5) is 15.1. The zero-order chi connectivity index (χ0) is 14.7. The normalized spacial score (nSPS) is 21.9. The standard InChI is InChI=1S/C18H26N2O/c1-19-16-8-12-20(13-9-16)17(21)18(10-5-11-18)14-15-6-3-2-4-7-15/h2-4,6-7,16,19H,5,8-14H2,1H3. The van der Waals surface area contributed by atoms with Crippen molar-refractivity contribution in [2.24, 2.45) is 5.41 Å². The molecule has 1 amide bonds. The van der Waals surface area contributed by atoms with Crippen LogP contribution in [0.1, 0.15) is 37.7 Å². The van der Waals surface area contributed by atoms with Crippen LogP contribution in [0.25, 0.3) is 0 Å². The second kappa shape index (κ2) is 6.18. The Hall–Kier alpha value is -1.35. The molecule has 1 N–H and O–H groups in total. The highest BCUT2D eigenvalue weighted by molar-refractivity contribution is 5.84. The number of carbonyl (C=O) groups is 1. The first-order chi connectivity index (χ1) is 10.2. The van der Waals surface area contributed by atoms with Crippen LogP contribution in [-0.4, -0.2) is 37.0 Å². The molecule has 21 heavy (non-hydrogen) atoms. The van der Waals surface area contributed by atoms with Gasteiger partial charge in [0.05, 0.1) is 5.41 Å². The fraction of sp³-hybridized carbons (Fsp3) is 0.611. The molecule has 1 heterocycles. The Kier molecular flexibility index (Phi) is 4.29. The van der Waals surface area contributed by atoms with Gasteiger partial charge in [-0.3, -0.25) is 4.79 Å². The van der Waals surface area contributed by atoms with Gasteiger partial charge in [0, 0.05) is 19.1 Å². The molecule has 0 spiro atoms. The van der Waals surface area contributed by atoms with Crippen molar-refractivity contribution in [2.75, 3.05) is 20.1 Å². The van der Waals surface area contributed by atoms with Crippen molar-refractivity contribution in [3.8, 4) is 0 Å². The fourth-order valence-corrected chi connectivity index (χ4v) is 3.76. The summed E-state index contributed by atoms with van der Waals surface area (Å²) in [6.07, 6.45) is 6.41. The highest BCUT2D eigenvalue weighted by Gasteiger charge is 2.46. The minimum Gasteiger partial charge on any atom is -0.342 e. The van der Waals surface area contributed by atoms with Crippen molar-refractivity contribution in [3.63, 3.8) is 0 Å². The van der Waals surface area contributed by atoms with Gasteiger partial charge in [-0.2, -0.15) is 0 Å². The molecule has 1 aliphatic carbocycles. The van der Waals surface area contributed by atoms with Crippen LogP contribution in [0.2, 0.25) is 0 Å². The Morgan fingerprint density at radius 1 is 1.24 bits per heavy atom. The van der Waals surface area contributed by atoms with Gasteiger partial charge in [0.15, 0.2) is 0 Å². The summed E-state index contributed by atoms with van der Waals surface area (Å²) < 4.78 is 0. The molecule has 3 nitrogen and oxygen atoms in total. The predicted molar refractivity (Wildman–Crippen MR) is 85.1 cm³/mol. The van der Waals surface area contributed by atoms with Crippen LogP contribution in [0.5, 0.6) is 0 Å². The Bertz CT molecular complexity index is 473. The first kappa shape index (κ1) is 14.6. The van der Waals surface area contributed by atoms with E-state index in [9.17, 15) is 4.79 Å². The van der Waals surface area contributed by atoms with Gasteiger partial charge in [-0.25, -0.2) is 0 Å². The summed E-state index contributed by atoms with van der Waals surface area (Å²) in [5, 5.41) is 3.33. The lowest BCUT2D eigenvalue weighted by molar-refractivity contribution is -0.148. The summed E-state index contributed by atoms with van der Waals surface area (Å²) in [6, 6.07) is 11.1. The number of piperidine rings is 1. The second-order valence-corrected chi connectivity index (χ2v) is 6.65. The van der Waals surface area contributed by atoms with E-state index < -0.39 is 0 Å². The Morgan fingerprint density at radius 3 is 2.43 bits per heavy atom. The van der Waals surface area contributed by atoms with E-state index in [0.717, 1.165) is 45.2 Å². The summed E-state index contributed by atoms with van der Waals surface area (Å²) >= 11 is 0. The Labute approximate surface area is 127 Å². The number of nitrogens with one attached hydrogen (secondary N) is 1. The maximum Gasteiger partial charge on any atom is 0.229 e. The van der Waals surface area contributed by atoms with E-state index in [1.165, 1.54) is 12.0 Å². The number of likely N-dealkylation sites (tertiary alicyclic amines) is 1. The van der Waals surface area contributed by atoms with Crippen LogP contribution < -0.4 is 5.32 Å². The van der Waals surface area contributed by atoms with E-state index in [2.05, 4.69) is 34.5 Å². The topological polar surface area (TPSA) is 32.3 Å². The number of rotatable bonds is 4. The quantitative estimate of drug-likeness (QED) is 0.923. The monoisotopic (exact) mass is 286 g/mol. The third-order valence-electron chi connectivity index (χ3n) is 5.34. The lowest BCUT2D eigenvalue weighted by Gasteiger charge is -2.45. The molecule has 2 aliphatic rings. The summed E-state index contributed by atoms with van der Waals surface area (Å²) in [5.74, 6) is 0.409. The predicted octanol–water partition coefficient (Wildman–Crippen LogP) is 2.61. The lowest BCUT2D eigenvalue weighted by atomic mass is 9.64. The Morgan fingerprint density at radius 2 is 1.90 bits per heavy atom. The van der Waals surface area contributed by atoms with Crippen molar-refractivity contribution in [3.05, 3.63) is 35.9 Å². The first-order valence-corrected chi connectivity index (χ1v) is 8.24. The number of hydrogen-bond acceptors (Lipinski definition) is 2. The molecule has 2 fully saturated rings. The highest BCUT2D eigenvalue weighted by atomic mass is 16.2. The van der Waals surface area contributed by atoms with Crippen molar-refractivity contribution in [1.29, 1.82) is 0 Å². The van der Waals surface area contributed by atoms with Crippen molar-refractivity contribution < 1.29 is 4.79 Å². The number of nitrogens with zero attached hydrogens (tertiary/aromatic N) is 1. The molecule has 3 heteroatoms. The molecule has 0 aromatic heterocycles. The zero-order valence-electron chi connectivity index (χ0n) is 13.0. The minimum absolute atomic E-state index is 0.103. The molecule has 1 saturated carbocycles. The maximum atomic E-state index is 13.0. The average Bonchev–Trinajstić information content (AvgIpc) is 2.51. The number of benzene rings is 1. The van der Waals surface area contributed by atoms with Crippen molar-refractivity contribution in [1.82, 2.24) is 10.2 Å². The molecule has 1 aromatic carbocycles. The smallest absolute Gasteiger partial charge is 0.229 e. The summed E-state index contributed by atoms with van der Waals surface area (Å²) in [5.41, 5.74) is 1.20. The molecular weight excluding hydrogens is 260 g/mol. The second-order valence-electron chi connectivity index (χ2n) is 6.65. The Balaban J connectivity index is 1.67. The SMILES string of the molecule is CNC1CCN(C(=O)C2(Cc3ccccc3)CCC2)CC1. The van der Waals surface area contributed by atoms with Crippen LogP contribution in [0.15, 0.2) is 30.3 Å². The molecule has 0 radical (unpaired) electrons. The maximum absolute atomic E-state index is 13.0. The lowest BCUT2D eigenvalue weighted by Crippen LogP contribution is -2.53.